The van der Waals surface area contributed by atoms with Crippen molar-refractivity contribution in [1.82, 2.24) is 4.90 Å². The molecule has 0 bridgehead atoms. The molecule has 0 radical (unpaired) electrons. The van der Waals surface area contributed by atoms with Crippen LogP contribution in [0, 0.1) is 11.3 Å². The molecular formula is C13H21NO4. The van der Waals surface area contributed by atoms with E-state index in [0.29, 0.717) is 6.54 Å². The minimum atomic E-state index is -1.08. The topological polar surface area (TPSA) is 55.8 Å². The van der Waals surface area contributed by atoms with Crippen molar-refractivity contribution in [2.45, 2.75) is 25.7 Å². The zero-order valence-corrected chi connectivity index (χ0v) is 11.1. The lowest BCUT2D eigenvalue weighted by atomic mass is 9.82. The van der Waals surface area contributed by atoms with E-state index in [9.17, 15) is 9.59 Å². The van der Waals surface area contributed by atoms with Crippen LogP contribution in [0.5, 0.6) is 0 Å². The van der Waals surface area contributed by atoms with Gasteiger partial charge in [-0.15, -0.1) is 0 Å². The molecule has 1 saturated carbocycles. The maximum Gasteiger partial charge on any atom is 0.326 e. The van der Waals surface area contributed by atoms with Gasteiger partial charge in [-0.1, -0.05) is 19.3 Å². The maximum absolute atomic E-state index is 12.3. The smallest absolute Gasteiger partial charge is 0.326 e. The molecule has 1 aliphatic carbocycles. The highest BCUT2D eigenvalue weighted by Crippen LogP contribution is 2.33. The van der Waals surface area contributed by atoms with E-state index in [1.54, 1.807) is 11.9 Å². The van der Waals surface area contributed by atoms with Gasteiger partial charge in [0.2, 0.25) is 5.91 Å². The van der Waals surface area contributed by atoms with Gasteiger partial charge in [-0.05, 0) is 12.3 Å². The van der Waals surface area contributed by atoms with Crippen LogP contribution >= 0.6 is 0 Å². The highest BCUT2D eigenvalue weighted by Gasteiger charge is 2.55. The van der Waals surface area contributed by atoms with Crippen molar-refractivity contribution in [3.8, 4) is 0 Å². The Hall–Kier alpha value is -1.10. The Kier molecular flexibility index (Phi) is 3.90. The molecule has 0 aromatic carbocycles. The van der Waals surface area contributed by atoms with E-state index in [2.05, 4.69) is 0 Å². The number of methoxy groups -OCH3 is 1. The van der Waals surface area contributed by atoms with Gasteiger partial charge >= 0.3 is 5.97 Å². The number of ether oxygens (including phenoxy) is 2. The van der Waals surface area contributed by atoms with Gasteiger partial charge in [-0.25, -0.2) is 0 Å². The first-order valence-electron chi connectivity index (χ1n) is 6.52. The highest BCUT2D eigenvalue weighted by atomic mass is 16.5. The summed E-state index contributed by atoms with van der Waals surface area (Å²) in [4.78, 5) is 25.7. The van der Waals surface area contributed by atoms with E-state index in [1.807, 2.05) is 0 Å². The van der Waals surface area contributed by atoms with E-state index in [0.717, 1.165) is 12.3 Å². The summed E-state index contributed by atoms with van der Waals surface area (Å²) in [5.74, 6) is 0.112. The van der Waals surface area contributed by atoms with Crippen molar-refractivity contribution in [3.05, 3.63) is 0 Å². The summed E-state index contributed by atoms with van der Waals surface area (Å²) in [6, 6.07) is 0. The summed E-state index contributed by atoms with van der Waals surface area (Å²) in [6.45, 7) is 1.00. The lowest BCUT2D eigenvalue weighted by molar-refractivity contribution is -0.193. The Labute approximate surface area is 107 Å². The average Bonchev–Trinajstić information content (AvgIpc) is 2.24. The summed E-state index contributed by atoms with van der Waals surface area (Å²) < 4.78 is 9.76. The van der Waals surface area contributed by atoms with Crippen molar-refractivity contribution in [2.24, 2.45) is 11.3 Å². The van der Waals surface area contributed by atoms with E-state index in [-0.39, 0.29) is 19.1 Å². The Morgan fingerprint density at radius 3 is 2.44 bits per heavy atom. The van der Waals surface area contributed by atoms with Gasteiger partial charge in [0.25, 0.3) is 0 Å². The van der Waals surface area contributed by atoms with Crippen LogP contribution in [-0.2, 0) is 19.1 Å². The molecule has 2 fully saturated rings. The van der Waals surface area contributed by atoms with Crippen molar-refractivity contribution in [1.29, 1.82) is 0 Å². The second-order valence-electron chi connectivity index (χ2n) is 5.38. The Balaban J connectivity index is 1.89. The molecule has 0 aromatic heterocycles. The minimum Gasteiger partial charge on any atom is -0.468 e. The van der Waals surface area contributed by atoms with Gasteiger partial charge in [-0.2, -0.15) is 0 Å². The number of hydrogen-bond acceptors (Lipinski definition) is 4. The van der Waals surface area contributed by atoms with Gasteiger partial charge in [-0.3, -0.25) is 9.59 Å². The number of hydrogen-bond donors (Lipinski definition) is 0. The number of amides is 1. The standard InChI is InChI=1S/C13H21NO4/c1-14(7-6-10-4-3-5-10)11(15)13(8-18-9-13)12(16)17-2/h10H,3-9H2,1-2H3. The maximum atomic E-state index is 12.3. The fourth-order valence-electron chi connectivity index (χ4n) is 2.45. The Morgan fingerprint density at radius 1 is 1.39 bits per heavy atom. The number of carbonyl (C=O) groups is 2. The summed E-state index contributed by atoms with van der Waals surface area (Å²) >= 11 is 0. The fraction of sp³-hybridized carbons (Fsp3) is 0.846. The fourth-order valence-corrected chi connectivity index (χ4v) is 2.45. The van der Waals surface area contributed by atoms with Crippen molar-refractivity contribution < 1.29 is 19.1 Å². The average molecular weight is 255 g/mol. The van der Waals surface area contributed by atoms with Crippen molar-refractivity contribution in [2.75, 3.05) is 33.9 Å². The Bertz CT molecular complexity index is 334. The summed E-state index contributed by atoms with van der Waals surface area (Å²) in [7, 11) is 3.06. The van der Waals surface area contributed by atoms with Gasteiger partial charge in [0.15, 0.2) is 5.41 Å². The summed E-state index contributed by atoms with van der Waals surface area (Å²) in [6.07, 6.45) is 4.88. The third-order valence-electron chi connectivity index (χ3n) is 4.13. The number of rotatable bonds is 5. The largest absolute Gasteiger partial charge is 0.468 e. The molecule has 2 rings (SSSR count). The van der Waals surface area contributed by atoms with Crippen LogP contribution in [0.1, 0.15) is 25.7 Å². The Morgan fingerprint density at radius 2 is 2.06 bits per heavy atom. The van der Waals surface area contributed by atoms with Crippen LogP contribution < -0.4 is 0 Å². The summed E-state index contributed by atoms with van der Waals surface area (Å²) in [5.41, 5.74) is -1.08. The summed E-state index contributed by atoms with van der Waals surface area (Å²) in [5, 5.41) is 0. The van der Waals surface area contributed by atoms with Gasteiger partial charge in [0.05, 0.1) is 20.3 Å². The quantitative estimate of drug-likeness (QED) is 0.539. The molecule has 1 aliphatic heterocycles. The molecule has 1 amide bonds. The van der Waals surface area contributed by atoms with E-state index < -0.39 is 11.4 Å². The lowest BCUT2D eigenvalue weighted by Crippen LogP contribution is -2.59. The highest BCUT2D eigenvalue weighted by molar-refractivity contribution is 6.03. The zero-order valence-electron chi connectivity index (χ0n) is 11.1. The predicted molar refractivity (Wildman–Crippen MR) is 64.9 cm³/mol. The molecular weight excluding hydrogens is 234 g/mol. The van der Waals surface area contributed by atoms with Gasteiger partial charge < -0.3 is 14.4 Å². The molecule has 102 valence electrons. The second-order valence-corrected chi connectivity index (χ2v) is 5.38. The molecule has 5 heteroatoms. The predicted octanol–water partition coefficient (Wildman–Crippen LogP) is 0.825. The lowest BCUT2D eigenvalue weighted by Gasteiger charge is -2.39. The first-order valence-corrected chi connectivity index (χ1v) is 6.52. The molecule has 18 heavy (non-hydrogen) atoms. The molecule has 0 N–H and O–H groups in total. The zero-order chi connectivity index (χ0) is 13.2. The van der Waals surface area contributed by atoms with Gasteiger partial charge in [0.1, 0.15) is 0 Å². The third-order valence-corrected chi connectivity index (χ3v) is 4.13. The van der Waals surface area contributed by atoms with E-state index in [4.69, 9.17) is 9.47 Å². The van der Waals surface area contributed by atoms with Crippen LogP contribution in [0.25, 0.3) is 0 Å². The number of carbonyl (C=O) groups excluding carboxylic acids is 2. The van der Waals surface area contributed by atoms with Gasteiger partial charge in [0, 0.05) is 13.6 Å². The molecule has 5 nitrogen and oxygen atoms in total. The monoisotopic (exact) mass is 255 g/mol. The van der Waals surface area contributed by atoms with Crippen LogP contribution in [0.3, 0.4) is 0 Å². The molecule has 0 unspecified atom stereocenters. The SMILES string of the molecule is COC(=O)C1(C(=O)N(C)CCC2CCC2)COC1. The normalized spacial score (nSPS) is 21.7. The van der Waals surface area contributed by atoms with Crippen LogP contribution in [-0.4, -0.2) is 50.7 Å². The molecule has 0 aromatic rings. The molecule has 1 heterocycles. The van der Waals surface area contributed by atoms with Crippen LogP contribution in [0.2, 0.25) is 0 Å². The molecule has 0 atom stereocenters. The van der Waals surface area contributed by atoms with E-state index >= 15 is 0 Å². The first kappa shape index (κ1) is 13.3. The van der Waals surface area contributed by atoms with Crippen molar-refractivity contribution in [3.63, 3.8) is 0 Å². The molecule has 1 saturated heterocycles. The first-order chi connectivity index (χ1) is 8.60. The molecule has 2 aliphatic rings. The minimum absolute atomic E-state index is 0.145. The number of nitrogens with zero attached hydrogens (tertiary/aromatic N) is 1. The van der Waals surface area contributed by atoms with Crippen LogP contribution in [0.15, 0.2) is 0 Å². The second kappa shape index (κ2) is 5.26. The molecule has 0 spiro atoms. The van der Waals surface area contributed by atoms with Crippen molar-refractivity contribution >= 4 is 11.9 Å². The number of esters is 1. The third kappa shape index (κ3) is 2.23. The van der Waals surface area contributed by atoms with E-state index in [1.165, 1.54) is 26.4 Å². The van der Waals surface area contributed by atoms with Crippen LogP contribution in [0.4, 0.5) is 0 Å².